The topological polar surface area (TPSA) is 42.7 Å². The summed E-state index contributed by atoms with van der Waals surface area (Å²) in [5, 5.41) is 11.9. The number of thioether (sulfide) groups is 1. The summed E-state index contributed by atoms with van der Waals surface area (Å²) < 4.78 is 1.93. The molecule has 0 aliphatic rings. The van der Waals surface area contributed by atoms with Crippen molar-refractivity contribution in [2.75, 3.05) is 19.3 Å². The Hall–Kier alpha value is -0.550. The molecule has 0 fully saturated rings. The molecular formula is C7H14N4S. The molecule has 0 spiro atoms. The van der Waals surface area contributed by atoms with Gasteiger partial charge >= 0.3 is 0 Å². The molecule has 0 saturated heterocycles. The van der Waals surface area contributed by atoms with Crippen LogP contribution in [0.5, 0.6) is 0 Å². The van der Waals surface area contributed by atoms with Crippen molar-refractivity contribution in [1.29, 1.82) is 0 Å². The smallest absolute Gasteiger partial charge is 0.190 e. The minimum atomic E-state index is 0.992. The molecule has 0 unspecified atom stereocenters. The van der Waals surface area contributed by atoms with Gasteiger partial charge in [0.05, 0.1) is 0 Å². The molecule has 5 heteroatoms. The lowest BCUT2D eigenvalue weighted by molar-refractivity contribution is 0.766. The summed E-state index contributed by atoms with van der Waals surface area (Å²) in [4.78, 5) is 0. The fourth-order valence-corrected chi connectivity index (χ4v) is 1.64. The lowest BCUT2D eigenvalue weighted by Gasteiger charge is -1.99. The van der Waals surface area contributed by atoms with Crippen molar-refractivity contribution in [2.24, 2.45) is 7.05 Å². The van der Waals surface area contributed by atoms with E-state index in [1.807, 2.05) is 18.7 Å². The van der Waals surface area contributed by atoms with Gasteiger partial charge in [-0.3, -0.25) is 0 Å². The number of nitrogens with zero attached hydrogens (tertiary/aromatic N) is 3. The predicted molar refractivity (Wildman–Crippen MR) is 50.3 cm³/mol. The zero-order chi connectivity index (χ0) is 8.81. The molecule has 1 heterocycles. The van der Waals surface area contributed by atoms with Crippen LogP contribution in [0.15, 0.2) is 11.5 Å². The fourth-order valence-electron chi connectivity index (χ4n) is 0.816. The third-order valence-electron chi connectivity index (χ3n) is 1.47. The molecule has 1 N–H and O–H groups in total. The number of hydrogen-bond acceptors (Lipinski definition) is 4. The van der Waals surface area contributed by atoms with E-state index in [9.17, 15) is 0 Å². The van der Waals surface area contributed by atoms with Crippen molar-refractivity contribution in [3.8, 4) is 0 Å². The monoisotopic (exact) mass is 186 g/mol. The lowest BCUT2D eigenvalue weighted by atomic mass is 10.5. The molecule has 0 aromatic carbocycles. The van der Waals surface area contributed by atoms with E-state index in [1.54, 1.807) is 18.1 Å². The SMILES string of the molecule is CNCCCSc1nncn1C. The van der Waals surface area contributed by atoms with Crippen molar-refractivity contribution in [2.45, 2.75) is 11.6 Å². The Morgan fingerprint density at radius 3 is 3.08 bits per heavy atom. The summed E-state index contributed by atoms with van der Waals surface area (Å²) >= 11 is 1.74. The molecule has 1 aromatic heterocycles. The van der Waals surface area contributed by atoms with Crippen LogP contribution in [0.4, 0.5) is 0 Å². The van der Waals surface area contributed by atoms with Crippen LogP contribution >= 0.6 is 11.8 Å². The van der Waals surface area contributed by atoms with E-state index >= 15 is 0 Å². The Labute approximate surface area is 76.8 Å². The third kappa shape index (κ3) is 2.83. The first-order chi connectivity index (χ1) is 5.84. The van der Waals surface area contributed by atoms with Gasteiger partial charge in [0, 0.05) is 12.8 Å². The van der Waals surface area contributed by atoms with Crippen molar-refractivity contribution < 1.29 is 0 Å². The highest BCUT2D eigenvalue weighted by Gasteiger charge is 1.99. The first kappa shape index (κ1) is 9.54. The van der Waals surface area contributed by atoms with Crippen LogP contribution in [-0.2, 0) is 7.05 Å². The minimum absolute atomic E-state index is 0.992. The van der Waals surface area contributed by atoms with Crippen LogP contribution in [-0.4, -0.2) is 34.1 Å². The van der Waals surface area contributed by atoms with Crippen molar-refractivity contribution in [3.05, 3.63) is 6.33 Å². The second-order valence-corrected chi connectivity index (χ2v) is 3.59. The highest BCUT2D eigenvalue weighted by Crippen LogP contribution is 2.13. The molecule has 0 bridgehead atoms. The van der Waals surface area contributed by atoms with Crippen LogP contribution in [0.1, 0.15) is 6.42 Å². The van der Waals surface area contributed by atoms with Crippen molar-refractivity contribution in [1.82, 2.24) is 20.1 Å². The second-order valence-electron chi connectivity index (χ2n) is 2.53. The highest BCUT2D eigenvalue weighted by atomic mass is 32.2. The minimum Gasteiger partial charge on any atom is -0.320 e. The van der Waals surface area contributed by atoms with Gasteiger partial charge in [-0.1, -0.05) is 11.8 Å². The third-order valence-corrected chi connectivity index (χ3v) is 2.59. The lowest BCUT2D eigenvalue weighted by Crippen LogP contribution is -2.08. The van der Waals surface area contributed by atoms with E-state index in [1.165, 1.54) is 0 Å². The standard InChI is InChI=1S/C7H14N4S/c1-8-4-3-5-12-7-10-9-6-11(7)2/h6,8H,3-5H2,1-2H3. The van der Waals surface area contributed by atoms with Crippen LogP contribution in [0.3, 0.4) is 0 Å². The number of hydrogen-bond donors (Lipinski definition) is 1. The molecule has 0 atom stereocenters. The maximum Gasteiger partial charge on any atom is 0.190 e. The molecule has 4 nitrogen and oxygen atoms in total. The number of nitrogens with one attached hydrogen (secondary N) is 1. The largest absolute Gasteiger partial charge is 0.320 e. The van der Waals surface area contributed by atoms with Crippen LogP contribution in [0.2, 0.25) is 0 Å². The van der Waals surface area contributed by atoms with E-state index < -0.39 is 0 Å². The summed E-state index contributed by atoms with van der Waals surface area (Å²) in [7, 11) is 3.92. The first-order valence-electron chi connectivity index (χ1n) is 3.96. The van der Waals surface area contributed by atoms with Crippen molar-refractivity contribution in [3.63, 3.8) is 0 Å². The molecule has 0 aliphatic heterocycles. The van der Waals surface area contributed by atoms with Gasteiger partial charge in [0.2, 0.25) is 0 Å². The van der Waals surface area contributed by atoms with E-state index in [-0.39, 0.29) is 0 Å². The molecule has 1 aromatic rings. The van der Waals surface area contributed by atoms with Gasteiger partial charge in [-0.25, -0.2) is 0 Å². The normalized spacial score (nSPS) is 10.5. The maximum absolute atomic E-state index is 3.97. The molecule has 0 amide bonds. The number of rotatable bonds is 5. The fraction of sp³-hybridized carbons (Fsp3) is 0.714. The summed E-state index contributed by atoms with van der Waals surface area (Å²) in [6.07, 6.45) is 2.88. The van der Waals surface area contributed by atoms with E-state index in [2.05, 4.69) is 15.5 Å². The van der Waals surface area contributed by atoms with Gasteiger partial charge in [0.1, 0.15) is 6.33 Å². The summed E-state index contributed by atoms with van der Waals surface area (Å²) in [5.41, 5.74) is 0. The van der Waals surface area contributed by atoms with Gasteiger partial charge < -0.3 is 9.88 Å². The highest BCUT2D eigenvalue weighted by molar-refractivity contribution is 7.99. The van der Waals surface area contributed by atoms with E-state index in [0.29, 0.717) is 0 Å². The Balaban J connectivity index is 2.20. The van der Waals surface area contributed by atoms with E-state index in [4.69, 9.17) is 0 Å². The van der Waals surface area contributed by atoms with Crippen LogP contribution in [0.25, 0.3) is 0 Å². The number of aryl methyl sites for hydroxylation is 1. The van der Waals surface area contributed by atoms with Gasteiger partial charge in [-0.05, 0) is 20.0 Å². The van der Waals surface area contributed by atoms with Gasteiger partial charge in [-0.2, -0.15) is 0 Å². The zero-order valence-corrected chi connectivity index (χ0v) is 8.27. The predicted octanol–water partition coefficient (Wildman–Crippen LogP) is 0.517. The Morgan fingerprint density at radius 2 is 2.50 bits per heavy atom. The number of aromatic nitrogens is 3. The first-order valence-corrected chi connectivity index (χ1v) is 4.94. The average Bonchev–Trinajstić information content (AvgIpc) is 2.46. The Bertz CT molecular complexity index is 223. The maximum atomic E-state index is 3.97. The van der Waals surface area contributed by atoms with Crippen molar-refractivity contribution >= 4 is 11.8 Å². The van der Waals surface area contributed by atoms with Crippen LogP contribution in [0, 0.1) is 0 Å². The molecule has 12 heavy (non-hydrogen) atoms. The van der Waals surface area contributed by atoms with Gasteiger partial charge in [0.25, 0.3) is 0 Å². The average molecular weight is 186 g/mol. The van der Waals surface area contributed by atoms with Gasteiger partial charge in [0.15, 0.2) is 5.16 Å². The Kier molecular flexibility index (Phi) is 4.10. The molecule has 68 valence electrons. The van der Waals surface area contributed by atoms with E-state index in [0.717, 1.165) is 23.9 Å². The summed E-state index contributed by atoms with van der Waals surface area (Å²) in [6, 6.07) is 0. The molecule has 0 aliphatic carbocycles. The van der Waals surface area contributed by atoms with Gasteiger partial charge in [-0.15, -0.1) is 10.2 Å². The second kappa shape index (κ2) is 5.16. The molecule has 0 radical (unpaired) electrons. The quantitative estimate of drug-likeness (QED) is 0.537. The molecular weight excluding hydrogens is 172 g/mol. The summed E-state index contributed by atoms with van der Waals surface area (Å²) in [6.45, 7) is 1.06. The molecule has 1 rings (SSSR count). The summed E-state index contributed by atoms with van der Waals surface area (Å²) in [5.74, 6) is 1.09. The van der Waals surface area contributed by atoms with Crippen LogP contribution < -0.4 is 5.32 Å². The molecule has 0 saturated carbocycles. The zero-order valence-electron chi connectivity index (χ0n) is 7.45. The Morgan fingerprint density at radius 1 is 1.67 bits per heavy atom.